The minimum Gasteiger partial charge on any atom is -0.489 e. The Morgan fingerprint density at radius 2 is 1.77 bits per heavy atom. The van der Waals surface area contributed by atoms with Crippen LogP contribution in [-0.4, -0.2) is 42.1 Å². The van der Waals surface area contributed by atoms with E-state index in [4.69, 9.17) is 4.74 Å². The second kappa shape index (κ2) is 7.73. The lowest BCUT2D eigenvalue weighted by Crippen LogP contribution is -2.31. The molecule has 0 amide bonds. The van der Waals surface area contributed by atoms with Crippen molar-refractivity contribution in [2.45, 2.75) is 23.6 Å². The van der Waals surface area contributed by atoms with Gasteiger partial charge in [0.1, 0.15) is 11.9 Å². The first-order valence-electron chi connectivity index (χ1n) is 8.97. The minimum absolute atomic E-state index is 0.185. The highest BCUT2D eigenvalue weighted by Crippen LogP contribution is 2.30. The average molecular weight is 439 g/mol. The van der Waals surface area contributed by atoms with E-state index in [1.54, 1.807) is 42.5 Å². The van der Waals surface area contributed by atoms with E-state index in [2.05, 4.69) is 14.7 Å². The lowest BCUT2D eigenvalue weighted by molar-refractivity contribution is -0.159. The van der Waals surface area contributed by atoms with Gasteiger partial charge in [0, 0.05) is 12.1 Å². The summed E-state index contributed by atoms with van der Waals surface area (Å²) in [6.07, 6.45) is -4.52. The Kier molecular flexibility index (Phi) is 5.24. The molecule has 0 bridgehead atoms. The van der Waals surface area contributed by atoms with Crippen LogP contribution in [0.25, 0.3) is 11.4 Å². The second-order valence-corrected chi connectivity index (χ2v) is 8.59. The average Bonchev–Trinajstić information content (AvgIpc) is 3.39. The van der Waals surface area contributed by atoms with E-state index < -0.39 is 22.1 Å². The zero-order valence-corrected chi connectivity index (χ0v) is 16.2. The molecule has 0 aliphatic carbocycles. The van der Waals surface area contributed by atoms with Crippen LogP contribution in [0.1, 0.15) is 12.3 Å². The smallest absolute Gasteiger partial charge is 0.471 e. The number of rotatable bonds is 5. The first-order valence-corrected chi connectivity index (χ1v) is 10.4. The Morgan fingerprint density at radius 3 is 2.40 bits per heavy atom. The predicted molar refractivity (Wildman–Crippen MR) is 99.0 cm³/mol. The van der Waals surface area contributed by atoms with Crippen LogP contribution in [0.4, 0.5) is 13.2 Å². The summed E-state index contributed by atoms with van der Waals surface area (Å²) in [5, 5.41) is 3.33. The van der Waals surface area contributed by atoms with Crippen molar-refractivity contribution < 1.29 is 30.8 Å². The molecule has 1 aliphatic heterocycles. The highest BCUT2D eigenvalue weighted by Gasteiger charge is 2.38. The minimum atomic E-state index is -4.71. The molecule has 0 saturated carbocycles. The summed E-state index contributed by atoms with van der Waals surface area (Å²) in [6, 6.07) is 14.3. The van der Waals surface area contributed by atoms with Crippen molar-refractivity contribution in [2.75, 3.05) is 13.1 Å². The fourth-order valence-corrected chi connectivity index (χ4v) is 4.59. The van der Waals surface area contributed by atoms with Crippen molar-refractivity contribution in [3.8, 4) is 17.1 Å². The molecule has 1 fully saturated rings. The maximum Gasteiger partial charge on any atom is 0.471 e. The fraction of sp³-hybridized carbons (Fsp3) is 0.263. The van der Waals surface area contributed by atoms with E-state index in [1.165, 1.54) is 16.4 Å². The van der Waals surface area contributed by atoms with Gasteiger partial charge in [-0.1, -0.05) is 23.4 Å². The topological polar surface area (TPSA) is 85.5 Å². The van der Waals surface area contributed by atoms with Crippen LogP contribution in [0.15, 0.2) is 64.0 Å². The van der Waals surface area contributed by atoms with Gasteiger partial charge in [-0.2, -0.15) is 22.5 Å². The van der Waals surface area contributed by atoms with Gasteiger partial charge in [-0.3, -0.25) is 0 Å². The van der Waals surface area contributed by atoms with Crippen LogP contribution in [-0.2, 0) is 16.2 Å². The van der Waals surface area contributed by atoms with Crippen LogP contribution < -0.4 is 4.74 Å². The van der Waals surface area contributed by atoms with Gasteiger partial charge in [-0.25, -0.2) is 8.42 Å². The molecule has 1 saturated heterocycles. The molecule has 1 aliphatic rings. The van der Waals surface area contributed by atoms with Crippen LogP contribution in [0.3, 0.4) is 0 Å². The largest absolute Gasteiger partial charge is 0.489 e. The molecular formula is C19H16F3N3O4S. The van der Waals surface area contributed by atoms with Crippen LogP contribution in [0.2, 0.25) is 0 Å². The van der Waals surface area contributed by atoms with Crippen molar-refractivity contribution >= 4 is 10.0 Å². The fourth-order valence-electron chi connectivity index (χ4n) is 3.08. The molecule has 158 valence electrons. The summed E-state index contributed by atoms with van der Waals surface area (Å²) < 4.78 is 74.5. The number of benzene rings is 2. The third-order valence-corrected chi connectivity index (χ3v) is 6.45. The molecule has 1 atom stereocenters. The van der Waals surface area contributed by atoms with Gasteiger partial charge >= 0.3 is 12.1 Å². The third-order valence-electron chi connectivity index (χ3n) is 4.57. The molecule has 11 heteroatoms. The number of sulfonamides is 1. The molecule has 3 aromatic rings. The Labute approximate surface area is 170 Å². The van der Waals surface area contributed by atoms with Crippen molar-refractivity contribution in [1.82, 2.24) is 14.4 Å². The van der Waals surface area contributed by atoms with Gasteiger partial charge in [0.05, 0.1) is 11.4 Å². The molecule has 4 rings (SSSR count). The maximum atomic E-state index is 12.7. The number of nitrogens with zero attached hydrogens (tertiary/aromatic N) is 3. The molecule has 0 spiro atoms. The SMILES string of the molecule is O=S(=O)(c1ccccc1)N1CC[C@H](Oc2ccc(-c3noc(C(F)(F)F)n3)cc2)C1. The molecule has 0 radical (unpaired) electrons. The highest BCUT2D eigenvalue weighted by molar-refractivity contribution is 7.89. The van der Waals surface area contributed by atoms with Crippen molar-refractivity contribution in [2.24, 2.45) is 0 Å². The summed E-state index contributed by atoms with van der Waals surface area (Å²) in [5.74, 6) is -1.14. The van der Waals surface area contributed by atoms with Crippen molar-refractivity contribution in [3.05, 3.63) is 60.5 Å². The van der Waals surface area contributed by atoms with Gasteiger partial charge in [-0.15, -0.1) is 0 Å². The third kappa shape index (κ3) is 4.17. The summed E-state index contributed by atoms with van der Waals surface area (Å²) in [6.45, 7) is 0.543. The number of hydrogen-bond donors (Lipinski definition) is 0. The molecule has 7 nitrogen and oxygen atoms in total. The predicted octanol–water partition coefficient (Wildman–Crippen LogP) is 3.60. The molecule has 1 aromatic heterocycles. The molecule has 30 heavy (non-hydrogen) atoms. The van der Waals surface area contributed by atoms with Crippen molar-refractivity contribution in [3.63, 3.8) is 0 Å². The van der Waals surface area contributed by atoms with Gasteiger partial charge in [-0.05, 0) is 42.8 Å². The number of ether oxygens (including phenoxy) is 1. The van der Waals surface area contributed by atoms with Gasteiger partial charge < -0.3 is 9.26 Å². The van der Waals surface area contributed by atoms with Crippen LogP contribution in [0.5, 0.6) is 5.75 Å². The molecule has 0 N–H and O–H groups in total. The lowest BCUT2D eigenvalue weighted by Gasteiger charge is -2.17. The second-order valence-electron chi connectivity index (χ2n) is 6.65. The Morgan fingerprint density at radius 1 is 1.07 bits per heavy atom. The van der Waals surface area contributed by atoms with Crippen LogP contribution >= 0.6 is 0 Å². The first-order chi connectivity index (χ1) is 14.2. The first kappa shape index (κ1) is 20.4. The molecule has 0 unspecified atom stereocenters. The van der Waals surface area contributed by atoms with E-state index >= 15 is 0 Å². The number of halogens is 3. The quantitative estimate of drug-likeness (QED) is 0.604. The Bertz CT molecular complexity index is 1120. The maximum absolute atomic E-state index is 12.7. The molecule has 2 heterocycles. The Hall–Kier alpha value is -2.92. The summed E-state index contributed by atoms with van der Waals surface area (Å²) >= 11 is 0. The summed E-state index contributed by atoms with van der Waals surface area (Å²) in [5.41, 5.74) is 0.335. The summed E-state index contributed by atoms with van der Waals surface area (Å²) in [7, 11) is -3.58. The molecule has 2 aromatic carbocycles. The zero-order chi connectivity index (χ0) is 21.4. The van der Waals surface area contributed by atoms with Crippen LogP contribution in [0, 0.1) is 0 Å². The van der Waals surface area contributed by atoms with E-state index in [0.717, 1.165) is 0 Å². The van der Waals surface area contributed by atoms with Gasteiger partial charge in [0.2, 0.25) is 15.8 Å². The van der Waals surface area contributed by atoms with Gasteiger partial charge in [0.15, 0.2) is 0 Å². The monoisotopic (exact) mass is 439 g/mol. The van der Waals surface area contributed by atoms with E-state index in [0.29, 0.717) is 24.3 Å². The number of alkyl halides is 3. The lowest BCUT2D eigenvalue weighted by atomic mass is 10.2. The van der Waals surface area contributed by atoms with Crippen molar-refractivity contribution in [1.29, 1.82) is 0 Å². The van der Waals surface area contributed by atoms with Gasteiger partial charge in [0.25, 0.3) is 0 Å². The number of hydrogen-bond acceptors (Lipinski definition) is 6. The van der Waals surface area contributed by atoms with E-state index in [1.807, 2.05) is 0 Å². The standard InChI is InChI=1S/C19H16F3N3O4S/c20-19(21,22)18-23-17(24-29-18)13-6-8-14(9-7-13)28-15-10-11-25(12-15)30(26,27)16-4-2-1-3-5-16/h1-9,15H,10-12H2/t15-/m0/s1. The normalized spacial score (nSPS) is 17.9. The van der Waals surface area contributed by atoms with E-state index in [9.17, 15) is 21.6 Å². The zero-order valence-electron chi connectivity index (χ0n) is 15.4. The highest BCUT2D eigenvalue weighted by atomic mass is 32.2. The summed E-state index contributed by atoms with van der Waals surface area (Å²) in [4.78, 5) is 3.56. The molecular weight excluding hydrogens is 423 g/mol. The number of aromatic nitrogens is 2. The van der Waals surface area contributed by atoms with E-state index in [-0.39, 0.29) is 23.4 Å². The Balaban J connectivity index is 1.40.